The average Bonchev–Trinajstić information content (AvgIpc) is 2.60. The van der Waals surface area contributed by atoms with Crippen molar-refractivity contribution in [2.75, 3.05) is 19.5 Å². The Balaban J connectivity index is 2.09. The van der Waals surface area contributed by atoms with Gasteiger partial charge >= 0.3 is 0 Å². The first-order valence-corrected chi connectivity index (χ1v) is 8.56. The third-order valence-corrected chi connectivity index (χ3v) is 4.80. The van der Waals surface area contributed by atoms with E-state index in [1.165, 1.54) is 7.11 Å². The number of hydrogen-bond donors (Lipinski definition) is 2. The third-order valence-electron chi connectivity index (χ3n) is 4.80. The summed E-state index contributed by atoms with van der Waals surface area (Å²) in [5.41, 5.74) is 8.61. The van der Waals surface area contributed by atoms with Crippen LogP contribution in [0.25, 0.3) is 11.3 Å². The molecule has 0 unspecified atom stereocenters. The molecule has 1 saturated heterocycles. The number of phenols is 1. The van der Waals surface area contributed by atoms with Gasteiger partial charge < -0.3 is 20.3 Å². The number of nitrogens with two attached hydrogens (primary N) is 1. The molecule has 1 atom stereocenters. The number of aromatic hydroxyl groups is 1. The molecule has 0 spiro atoms. The van der Waals surface area contributed by atoms with Crippen LogP contribution in [0.2, 0.25) is 0 Å². The number of ether oxygens (including phenoxy) is 2. The standard InChI is InChI=1S/C20H23N3O3/c1-20(2)10-13(6-7-26-20)14-9-16(23-19(22)15(14)11-21)12-4-5-17(24)18(8-12)25-3/h4-5,8-9,13,24H,6-7,10H2,1-3H3,(H2,22,23)/t13-/m0/s1. The fourth-order valence-corrected chi connectivity index (χ4v) is 3.51. The molecule has 26 heavy (non-hydrogen) atoms. The number of anilines is 1. The molecule has 3 rings (SSSR count). The maximum atomic E-state index is 9.81. The fraction of sp³-hybridized carbons (Fsp3) is 0.400. The summed E-state index contributed by atoms with van der Waals surface area (Å²) in [5, 5.41) is 19.4. The van der Waals surface area contributed by atoms with E-state index in [1.807, 2.05) is 6.07 Å². The lowest BCUT2D eigenvalue weighted by atomic mass is 9.81. The second-order valence-corrected chi connectivity index (χ2v) is 7.15. The first-order chi connectivity index (χ1) is 12.3. The Morgan fingerprint density at radius 3 is 2.81 bits per heavy atom. The molecule has 1 fully saturated rings. The number of rotatable bonds is 3. The molecule has 0 amide bonds. The van der Waals surface area contributed by atoms with E-state index < -0.39 is 0 Å². The molecule has 0 bridgehead atoms. The number of methoxy groups -OCH3 is 1. The predicted molar refractivity (Wildman–Crippen MR) is 99.0 cm³/mol. The Kier molecular flexibility index (Phi) is 4.75. The molecule has 2 aromatic rings. The third kappa shape index (κ3) is 3.44. The van der Waals surface area contributed by atoms with Gasteiger partial charge in [-0.1, -0.05) is 0 Å². The van der Waals surface area contributed by atoms with Crippen LogP contribution in [-0.4, -0.2) is 29.4 Å². The minimum absolute atomic E-state index is 0.0595. The van der Waals surface area contributed by atoms with Crippen LogP contribution in [0.4, 0.5) is 5.82 Å². The van der Waals surface area contributed by atoms with Gasteiger partial charge in [-0.2, -0.15) is 5.26 Å². The number of benzene rings is 1. The molecule has 136 valence electrons. The highest BCUT2D eigenvalue weighted by atomic mass is 16.5. The highest BCUT2D eigenvalue weighted by molar-refractivity contribution is 5.69. The van der Waals surface area contributed by atoms with Gasteiger partial charge in [0.05, 0.1) is 24.0 Å². The molecule has 1 aromatic heterocycles. The number of nitrogens with zero attached hydrogens (tertiary/aromatic N) is 2. The van der Waals surface area contributed by atoms with Crippen molar-refractivity contribution in [1.29, 1.82) is 5.26 Å². The number of pyridine rings is 1. The monoisotopic (exact) mass is 353 g/mol. The van der Waals surface area contributed by atoms with Crippen LogP contribution in [0, 0.1) is 11.3 Å². The lowest BCUT2D eigenvalue weighted by molar-refractivity contribution is -0.0593. The second kappa shape index (κ2) is 6.85. The van der Waals surface area contributed by atoms with Crippen molar-refractivity contribution in [2.24, 2.45) is 0 Å². The van der Waals surface area contributed by atoms with E-state index in [-0.39, 0.29) is 23.1 Å². The van der Waals surface area contributed by atoms with Crippen molar-refractivity contribution in [3.8, 4) is 28.8 Å². The zero-order valence-electron chi connectivity index (χ0n) is 15.2. The van der Waals surface area contributed by atoms with E-state index in [0.29, 0.717) is 23.6 Å². The predicted octanol–water partition coefficient (Wildman–Crippen LogP) is 3.59. The molecule has 1 aromatic carbocycles. The van der Waals surface area contributed by atoms with Crippen LogP contribution >= 0.6 is 0 Å². The normalized spacial score (nSPS) is 18.9. The number of aromatic nitrogens is 1. The molecule has 3 N–H and O–H groups in total. The Bertz CT molecular complexity index is 871. The first kappa shape index (κ1) is 18.0. The van der Waals surface area contributed by atoms with Crippen LogP contribution in [0.15, 0.2) is 24.3 Å². The van der Waals surface area contributed by atoms with Gasteiger partial charge in [0.25, 0.3) is 0 Å². The van der Waals surface area contributed by atoms with E-state index in [2.05, 4.69) is 24.9 Å². The van der Waals surface area contributed by atoms with E-state index in [9.17, 15) is 10.4 Å². The van der Waals surface area contributed by atoms with Crippen molar-refractivity contribution < 1.29 is 14.6 Å². The van der Waals surface area contributed by atoms with Gasteiger partial charge in [0, 0.05) is 12.2 Å². The molecule has 0 saturated carbocycles. The van der Waals surface area contributed by atoms with Gasteiger partial charge in [0.2, 0.25) is 0 Å². The minimum atomic E-state index is -0.240. The fourth-order valence-electron chi connectivity index (χ4n) is 3.51. The smallest absolute Gasteiger partial charge is 0.161 e. The van der Waals surface area contributed by atoms with E-state index in [0.717, 1.165) is 24.0 Å². The summed E-state index contributed by atoms with van der Waals surface area (Å²) < 4.78 is 11.0. The van der Waals surface area contributed by atoms with E-state index in [1.54, 1.807) is 18.2 Å². The molecule has 6 heteroatoms. The highest BCUT2D eigenvalue weighted by Gasteiger charge is 2.32. The van der Waals surface area contributed by atoms with Gasteiger partial charge in [-0.3, -0.25) is 0 Å². The number of nitriles is 1. The topological polar surface area (TPSA) is 101 Å². The summed E-state index contributed by atoms with van der Waals surface area (Å²) in [6.45, 7) is 4.76. The molecular weight excluding hydrogens is 330 g/mol. The summed E-state index contributed by atoms with van der Waals surface area (Å²) in [6, 6.07) is 9.15. The first-order valence-electron chi connectivity index (χ1n) is 8.56. The Labute approximate surface area is 153 Å². The van der Waals surface area contributed by atoms with Gasteiger partial charge in [-0.15, -0.1) is 0 Å². The Hall–Kier alpha value is -2.78. The van der Waals surface area contributed by atoms with E-state index >= 15 is 0 Å². The summed E-state index contributed by atoms with van der Waals surface area (Å²) in [7, 11) is 1.49. The number of hydrogen-bond acceptors (Lipinski definition) is 6. The van der Waals surface area contributed by atoms with E-state index in [4.69, 9.17) is 15.2 Å². The molecule has 1 aliphatic heterocycles. The SMILES string of the molecule is COc1cc(-c2cc([C@H]3CCOC(C)(C)C3)c(C#N)c(N)n2)ccc1O. The van der Waals surface area contributed by atoms with Crippen LogP contribution < -0.4 is 10.5 Å². The Morgan fingerprint density at radius 1 is 1.38 bits per heavy atom. The average molecular weight is 353 g/mol. The molecule has 1 aliphatic rings. The maximum absolute atomic E-state index is 9.81. The van der Waals surface area contributed by atoms with Crippen molar-refractivity contribution >= 4 is 5.82 Å². The van der Waals surface area contributed by atoms with Gasteiger partial charge in [-0.25, -0.2) is 4.98 Å². The molecule has 0 aliphatic carbocycles. The number of nitrogen functional groups attached to an aromatic ring is 1. The van der Waals surface area contributed by atoms with Crippen molar-refractivity contribution in [1.82, 2.24) is 4.98 Å². The molecule has 2 heterocycles. The molecular formula is C20H23N3O3. The summed E-state index contributed by atoms with van der Waals surface area (Å²) in [4.78, 5) is 4.40. The van der Waals surface area contributed by atoms with Crippen LogP contribution in [0.3, 0.4) is 0 Å². The zero-order chi connectivity index (χ0) is 18.9. The van der Waals surface area contributed by atoms with Gasteiger partial charge in [-0.05, 0) is 62.4 Å². The summed E-state index contributed by atoms with van der Waals surface area (Å²) >= 11 is 0. The Morgan fingerprint density at radius 2 is 2.15 bits per heavy atom. The lowest BCUT2D eigenvalue weighted by Crippen LogP contribution is -2.33. The summed E-state index contributed by atoms with van der Waals surface area (Å²) in [5.74, 6) is 0.818. The highest BCUT2D eigenvalue weighted by Crippen LogP contribution is 2.40. The lowest BCUT2D eigenvalue weighted by Gasteiger charge is -2.36. The van der Waals surface area contributed by atoms with Gasteiger partial charge in [0.15, 0.2) is 11.5 Å². The molecule has 6 nitrogen and oxygen atoms in total. The second-order valence-electron chi connectivity index (χ2n) is 7.15. The van der Waals surface area contributed by atoms with Crippen molar-refractivity contribution in [3.05, 3.63) is 35.4 Å². The zero-order valence-corrected chi connectivity index (χ0v) is 15.2. The van der Waals surface area contributed by atoms with Gasteiger partial charge in [0.1, 0.15) is 11.9 Å². The number of phenolic OH excluding ortho intramolecular Hbond substituents is 1. The summed E-state index contributed by atoms with van der Waals surface area (Å²) in [6.07, 6.45) is 1.64. The van der Waals surface area contributed by atoms with Crippen molar-refractivity contribution in [3.63, 3.8) is 0 Å². The van der Waals surface area contributed by atoms with Crippen molar-refractivity contribution in [2.45, 2.75) is 38.2 Å². The quantitative estimate of drug-likeness (QED) is 0.874. The maximum Gasteiger partial charge on any atom is 0.161 e. The largest absolute Gasteiger partial charge is 0.504 e. The molecule has 0 radical (unpaired) electrons. The van der Waals surface area contributed by atoms with Crippen LogP contribution in [0.1, 0.15) is 43.7 Å². The van der Waals surface area contributed by atoms with Crippen LogP contribution in [-0.2, 0) is 4.74 Å². The minimum Gasteiger partial charge on any atom is -0.504 e. The van der Waals surface area contributed by atoms with Crippen LogP contribution in [0.5, 0.6) is 11.5 Å².